The van der Waals surface area contributed by atoms with Crippen molar-refractivity contribution in [2.75, 3.05) is 13.7 Å². The molecule has 0 aliphatic rings. The van der Waals surface area contributed by atoms with E-state index in [0.29, 0.717) is 11.3 Å². The van der Waals surface area contributed by atoms with Crippen molar-refractivity contribution in [2.45, 2.75) is 0 Å². The number of phenolic OH excluding ortho intramolecular Hbond substituents is 1. The number of phenols is 1. The second-order valence-corrected chi connectivity index (χ2v) is 5.84. The molecule has 0 unspecified atom stereocenters. The summed E-state index contributed by atoms with van der Waals surface area (Å²) < 4.78 is 10.1. The van der Waals surface area contributed by atoms with Gasteiger partial charge in [0.2, 0.25) is 5.75 Å². The zero-order valence-corrected chi connectivity index (χ0v) is 15.3. The van der Waals surface area contributed by atoms with Gasteiger partial charge < -0.3 is 14.6 Å². The summed E-state index contributed by atoms with van der Waals surface area (Å²) in [4.78, 5) is 22.1. The number of nitrogens with zero attached hydrogens (tertiary/aromatic N) is 2. The number of ether oxygens (including phenoxy) is 2. The number of aromatic hydroxyl groups is 1. The third-order valence-electron chi connectivity index (χ3n) is 3.16. The van der Waals surface area contributed by atoms with Gasteiger partial charge in [-0.2, -0.15) is 5.10 Å². The van der Waals surface area contributed by atoms with Gasteiger partial charge in [0, 0.05) is 16.7 Å². The molecule has 9 nitrogen and oxygen atoms in total. The lowest BCUT2D eigenvalue weighted by Crippen LogP contribution is -2.24. The fourth-order valence-electron chi connectivity index (χ4n) is 1.93. The predicted molar refractivity (Wildman–Crippen MR) is 99.0 cm³/mol. The Kier molecular flexibility index (Phi) is 6.80. The van der Waals surface area contributed by atoms with Gasteiger partial charge in [0.1, 0.15) is 11.5 Å². The number of methoxy groups -OCH3 is 1. The Morgan fingerprint density at radius 1 is 1.37 bits per heavy atom. The molecule has 2 rings (SSSR count). The highest BCUT2D eigenvalue weighted by molar-refractivity contribution is 6.36. The Hall–Kier alpha value is -3.04. The quantitative estimate of drug-likeness (QED) is 0.408. The number of nitro benzene ring substituents is 1. The molecule has 2 aromatic carbocycles. The summed E-state index contributed by atoms with van der Waals surface area (Å²) in [5, 5.41) is 24.4. The number of nitro groups is 1. The number of benzene rings is 2. The lowest BCUT2D eigenvalue weighted by Gasteiger charge is -2.08. The standard InChI is InChI=1S/C16H13Cl2N3O6/c1-26-11-2-3-14(22)9(4-11)7-19-20-15(23)8-27-16-12(18)5-10(17)6-13(16)21(24)25/h2-7,22H,8H2,1H3,(H,20,23). The molecule has 0 atom stereocenters. The van der Waals surface area contributed by atoms with E-state index in [1.54, 1.807) is 6.07 Å². The summed E-state index contributed by atoms with van der Waals surface area (Å²) in [6.07, 6.45) is 1.20. The molecule has 11 heteroatoms. The van der Waals surface area contributed by atoms with Crippen molar-refractivity contribution >= 4 is 41.0 Å². The van der Waals surface area contributed by atoms with Crippen molar-refractivity contribution < 1.29 is 24.3 Å². The molecule has 0 aliphatic carbocycles. The Balaban J connectivity index is 2.01. The zero-order valence-electron chi connectivity index (χ0n) is 13.8. The second-order valence-electron chi connectivity index (χ2n) is 5.00. The highest BCUT2D eigenvalue weighted by Gasteiger charge is 2.21. The molecule has 0 radical (unpaired) electrons. The minimum Gasteiger partial charge on any atom is -0.507 e. The molecular formula is C16H13Cl2N3O6. The first-order chi connectivity index (χ1) is 12.8. The third-order valence-corrected chi connectivity index (χ3v) is 3.66. The van der Waals surface area contributed by atoms with Gasteiger partial charge in [0.25, 0.3) is 5.91 Å². The number of hydrogen-bond acceptors (Lipinski definition) is 7. The smallest absolute Gasteiger partial charge is 0.314 e. The van der Waals surface area contributed by atoms with Gasteiger partial charge in [-0.25, -0.2) is 5.43 Å². The molecule has 0 saturated heterocycles. The lowest BCUT2D eigenvalue weighted by atomic mass is 10.2. The van der Waals surface area contributed by atoms with Crippen LogP contribution in [0.25, 0.3) is 0 Å². The van der Waals surface area contributed by atoms with E-state index in [1.807, 2.05) is 0 Å². The number of hydrazone groups is 1. The van der Waals surface area contributed by atoms with E-state index in [2.05, 4.69) is 10.5 Å². The minimum absolute atomic E-state index is 0.0613. The summed E-state index contributed by atoms with van der Waals surface area (Å²) in [6.45, 7) is -0.580. The summed E-state index contributed by atoms with van der Waals surface area (Å²) in [7, 11) is 1.47. The Bertz CT molecular complexity index is 904. The third kappa shape index (κ3) is 5.47. The largest absolute Gasteiger partial charge is 0.507 e. The molecule has 0 fully saturated rings. The second kappa shape index (κ2) is 9.06. The van der Waals surface area contributed by atoms with E-state index in [-0.39, 0.29) is 21.5 Å². The number of carbonyl (C=O) groups excluding carboxylic acids is 1. The molecule has 0 aliphatic heterocycles. The normalized spacial score (nSPS) is 10.6. The fourth-order valence-corrected chi connectivity index (χ4v) is 2.47. The van der Waals surface area contributed by atoms with E-state index < -0.39 is 23.1 Å². The van der Waals surface area contributed by atoms with Crippen LogP contribution in [0.2, 0.25) is 10.0 Å². The molecule has 142 valence electrons. The number of carbonyl (C=O) groups is 1. The average Bonchev–Trinajstić information content (AvgIpc) is 2.61. The molecule has 2 N–H and O–H groups in total. The molecule has 0 aromatic heterocycles. The SMILES string of the molecule is COc1ccc(O)c(C=NNC(=O)COc2c(Cl)cc(Cl)cc2[N+](=O)[O-])c1. The van der Waals surface area contributed by atoms with Crippen molar-refractivity contribution in [1.29, 1.82) is 0 Å². The number of halogens is 2. The molecular weight excluding hydrogens is 401 g/mol. The molecule has 2 aromatic rings. The van der Waals surface area contributed by atoms with Gasteiger partial charge in [-0.1, -0.05) is 23.2 Å². The first-order valence-corrected chi connectivity index (χ1v) is 8.02. The van der Waals surface area contributed by atoms with E-state index >= 15 is 0 Å². The minimum atomic E-state index is -0.727. The van der Waals surface area contributed by atoms with Crippen LogP contribution in [0, 0.1) is 10.1 Å². The maximum atomic E-state index is 11.8. The fraction of sp³-hybridized carbons (Fsp3) is 0.125. The predicted octanol–water partition coefficient (Wildman–Crippen LogP) is 3.14. The van der Waals surface area contributed by atoms with Gasteiger partial charge in [-0.3, -0.25) is 14.9 Å². The van der Waals surface area contributed by atoms with E-state index in [1.165, 1.54) is 31.5 Å². The Morgan fingerprint density at radius 2 is 2.11 bits per heavy atom. The van der Waals surface area contributed by atoms with Crippen molar-refractivity contribution in [3.63, 3.8) is 0 Å². The molecule has 0 heterocycles. The first-order valence-electron chi connectivity index (χ1n) is 7.27. The Morgan fingerprint density at radius 3 is 2.78 bits per heavy atom. The summed E-state index contributed by atoms with van der Waals surface area (Å²) >= 11 is 11.6. The molecule has 1 amide bonds. The van der Waals surface area contributed by atoms with Gasteiger partial charge in [0.15, 0.2) is 6.61 Å². The maximum absolute atomic E-state index is 11.8. The van der Waals surface area contributed by atoms with Crippen LogP contribution in [0.4, 0.5) is 5.69 Å². The van der Waals surface area contributed by atoms with Gasteiger partial charge in [-0.15, -0.1) is 0 Å². The molecule has 27 heavy (non-hydrogen) atoms. The Labute approximate surface area is 163 Å². The molecule has 0 bridgehead atoms. The van der Waals surface area contributed by atoms with Crippen LogP contribution in [-0.4, -0.2) is 35.9 Å². The highest BCUT2D eigenvalue weighted by atomic mass is 35.5. The maximum Gasteiger partial charge on any atom is 0.314 e. The van der Waals surface area contributed by atoms with Gasteiger partial charge >= 0.3 is 5.69 Å². The van der Waals surface area contributed by atoms with Crippen molar-refractivity contribution in [3.8, 4) is 17.2 Å². The summed E-state index contributed by atoms with van der Waals surface area (Å²) in [6, 6.07) is 6.80. The summed E-state index contributed by atoms with van der Waals surface area (Å²) in [5.41, 5.74) is 2.00. The van der Waals surface area contributed by atoms with Crippen LogP contribution in [0.3, 0.4) is 0 Å². The highest BCUT2D eigenvalue weighted by Crippen LogP contribution is 2.37. The lowest BCUT2D eigenvalue weighted by molar-refractivity contribution is -0.385. The van der Waals surface area contributed by atoms with Crippen molar-refractivity contribution in [1.82, 2.24) is 5.43 Å². The number of amides is 1. The topological polar surface area (TPSA) is 123 Å². The van der Waals surface area contributed by atoms with Gasteiger partial charge in [0.05, 0.1) is 23.3 Å². The molecule has 0 saturated carbocycles. The van der Waals surface area contributed by atoms with Crippen molar-refractivity contribution in [2.24, 2.45) is 5.10 Å². The average molecular weight is 414 g/mol. The van der Waals surface area contributed by atoms with E-state index in [4.69, 9.17) is 32.7 Å². The first kappa shape index (κ1) is 20.3. The van der Waals surface area contributed by atoms with E-state index in [9.17, 15) is 20.0 Å². The van der Waals surface area contributed by atoms with Crippen LogP contribution >= 0.6 is 23.2 Å². The van der Waals surface area contributed by atoms with E-state index in [0.717, 1.165) is 6.07 Å². The number of rotatable bonds is 7. The van der Waals surface area contributed by atoms with Crippen LogP contribution in [-0.2, 0) is 4.79 Å². The van der Waals surface area contributed by atoms with Crippen molar-refractivity contribution in [3.05, 3.63) is 56.1 Å². The summed E-state index contributed by atoms with van der Waals surface area (Å²) in [5.74, 6) is -0.549. The van der Waals surface area contributed by atoms with Crippen LogP contribution in [0.1, 0.15) is 5.56 Å². The molecule has 0 spiro atoms. The van der Waals surface area contributed by atoms with Crippen LogP contribution in [0.5, 0.6) is 17.2 Å². The number of hydrogen-bond donors (Lipinski definition) is 2. The number of nitrogens with one attached hydrogen (secondary N) is 1. The van der Waals surface area contributed by atoms with Crippen LogP contribution in [0.15, 0.2) is 35.4 Å². The van der Waals surface area contributed by atoms with Crippen LogP contribution < -0.4 is 14.9 Å². The van der Waals surface area contributed by atoms with Gasteiger partial charge in [-0.05, 0) is 24.3 Å². The zero-order chi connectivity index (χ0) is 20.0. The monoisotopic (exact) mass is 413 g/mol.